The van der Waals surface area contributed by atoms with Gasteiger partial charge < -0.3 is 4.57 Å². The topological polar surface area (TPSA) is 52.2 Å². The Kier molecular flexibility index (Phi) is 4.39. The summed E-state index contributed by atoms with van der Waals surface area (Å²) in [7, 11) is 0. The van der Waals surface area contributed by atoms with E-state index in [0.29, 0.717) is 16.7 Å². The zero-order valence-corrected chi connectivity index (χ0v) is 17.5. The molecule has 0 bridgehead atoms. The van der Waals surface area contributed by atoms with Crippen LogP contribution in [0, 0.1) is 20.8 Å². The molecule has 0 saturated carbocycles. The van der Waals surface area contributed by atoms with E-state index in [9.17, 15) is 4.79 Å². The van der Waals surface area contributed by atoms with Crippen molar-refractivity contribution in [2.45, 2.75) is 40.0 Å². The minimum atomic E-state index is -0.151. The number of hydrogen-bond donors (Lipinski definition) is 0. The molecule has 150 valence electrons. The van der Waals surface area contributed by atoms with Gasteiger partial charge in [0.05, 0.1) is 17.1 Å². The summed E-state index contributed by atoms with van der Waals surface area (Å²) < 4.78 is 3.64. The number of rotatable bonds is 3. The van der Waals surface area contributed by atoms with Crippen molar-refractivity contribution in [3.8, 4) is 5.69 Å². The van der Waals surface area contributed by atoms with Crippen molar-refractivity contribution in [3.63, 3.8) is 0 Å². The minimum Gasteiger partial charge on any atom is -0.318 e. The van der Waals surface area contributed by atoms with Crippen LogP contribution in [-0.2, 0) is 12.8 Å². The van der Waals surface area contributed by atoms with Crippen LogP contribution in [-0.4, -0.2) is 20.4 Å². The van der Waals surface area contributed by atoms with Crippen molar-refractivity contribution in [1.82, 2.24) is 14.2 Å². The fraction of sp³-hybridized carbons (Fsp3) is 0.240. The molecule has 0 aliphatic heterocycles. The molecule has 0 amide bonds. The molecule has 1 aliphatic carbocycles. The monoisotopic (exact) mass is 396 g/mol. The lowest BCUT2D eigenvalue weighted by Crippen LogP contribution is -2.20. The van der Waals surface area contributed by atoms with Crippen LogP contribution in [0.2, 0.25) is 0 Å². The van der Waals surface area contributed by atoms with Crippen molar-refractivity contribution in [1.29, 1.82) is 0 Å². The number of hydrogen-bond acceptors (Lipinski definition) is 3. The van der Waals surface area contributed by atoms with Gasteiger partial charge in [-0.3, -0.25) is 4.79 Å². The molecule has 0 saturated heterocycles. The maximum Gasteiger partial charge on any atom is 0.282 e. The molecule has 5 rings (SSSR count). The lowest BCUT2D eigenvalue weighted by Gasteiger charge is -2.11. The average Bonchev–Trinajstić information content (AvgIpc) is 3.31. The number of aromatic nitrogens is 3. The highest BCUT2D eigenvalue weighted by Gasteiger charge is 2.15. The van der Waals surface area contributed by atoms with Gasteiger partial charge in [-0.2, -0.15) is 9.78 Å². The molecule has 2 aromatic heterocycles. The van der Waals surface area contributed by atoms with E-state index in [0.717, 1.165) is 23.4 Å². The van der Waals surface area contributed by atoms with Crippen molar-refractivity contribution >= 4 is 17.1 Å². The Morgan fingerprint density at radius 1 is 1.00 bits per heavy atom. The molecular weight excluding hydrogens is 372 g/mol. The number of aryl methyl sites for hydroxylation is 4. The van der Waals surface area contributed by atoms with Gasteiger partial charge in [0, 0.05) is 22.6 Å². The van der Waals surface area contributed by atoms with Gasteiger partial charge >= 0.3 is 0 Å². The quantitative estimate of drug-likeness (QED) is 0.479. The minimum absolute atomic E-state index is 0.151. The van der Waals surface area contributed by atoms with Gasteiger partial charge in [0.15, 0.2) is 0 Å². The Labute approximate surface area is 175 Å². The summed E-state index contributed by atoms with van der Waals surface area (Å²) in [6.45, 7) is 6.00. The predicted octanol–water partition coefficient (Wildman–Crippen LogP) is 4.48. The van der Waals surface area contributed by atoms with Crippen LogP contribution in [0.25, 0.3) is 16.6 Å². The number of nitrogens with zero attached hydrogens (tertiary/aromatic N) is 4. The summed E-state index contributed by atoms with van der Waals surface area (Å²) in [5.74, 6) is 0.572. The van der Waals surface area contributed by atoms with E-state index in [2.05, 4.69) is 52.8 Å². The fourth-order valence-corrected chi connectivity index (χ4v) is 4.50. The van der Waals surface area contributed by atoms with Gasteiger partial charge in [0.2, 0.25) is 0 Å². The van der Waals surface area contributed by atoms with Crippen molar-refractivity contribution in [3.05, 3.63) is 92.8 Å². The summed E-state index contributed by atoms with van der Waals surface area (Å²) in [6.07, 6.45) is 5.35. The van der Waals surface area contributed by atoms with Crippen LogP contribution in [0.15, 0.2) is 58.4 Å². The summed E-state index contributed by atoms with van der Waals surface area (Å²) >= 11 is 0. The van der Waals surface area contributed by atoms with E-state index in [1.54, 1.807) is 19.2 Å². The van der Waals surface area contributed by atoms with Crippen LogP contribution in [0.1, 0.15) is 40.3 Å². The zero-order valence-electron chi connectivity index (χ0n) is 17.5. The maximum absolute atomic E-state index is 12.9. The van der Waals surface area contributed by atoms with Crippen LogP contribution in [0.3, 0.4) is 0 Å². The van der Waals surface area contributed by atoms with Gasteiger partial charge in [0.25, 0.3) is 5.56 Å². The molecule has 4 aromatic rings. The molecule has 1 aliphatic rings. The van der Waals surface area contributed by atoms with E-state index in [-0.39, 0.29) is 5.56 Å². The summed E-state index contributed by atoms with van der Waals surface area (Å²) in [6, 6.07) is 16.2. The third-order valence-corrected chi connectivity index (χ3v) is 6.04. The van der Waals surface area contributed by atoms with Crippen molar-refractivity contribution in [2.75, 3.05) is 0 Å². The van der Waals surface area contributed by atoms with Crippen LogP contribution in [0.5, 0.6) is 0 Å². The van der Waals surface area contributed by atoms with Crippen LogP contribution >= 0.6 is 0 Å². The molecule has 5 nitrogen and oxygen atoms in total. The largest absolute Gasteiger partial charge is 0.318 e. The third kappa shape index (κ3) is 2.98. The van der Waals surface area contributed by atoms with Gasteiger partial charge in [0.1, 0.15) is 5.82 Å². The van der Waals surface area contributed by atoms with E-state index >= 15 is 0 Å². The first-order valence-electron chi connectivity index (χ1n) is 10.4. The summed E-state index contributed by atoms with van der Waals surface area (Å²) in [5.41, 5.74) is 7.91. The van der Waals surface area contributed by atoms with Gasteiger partial charge in [-0.25, -0.2) is 4.98 Å². The van der Waals surface area contributed by atoms with Gasteiger partial charge in [-0.15, -0.1) is 0 Å². The zero-order chi connectivity index (χ0) is 20.8. The van der Waals surface area contributed by atoms with Crippen LogP contribution < -0.4 is 5.56 Å². The first-order valence-corrected chi connectivity index (χ1v) is 10.4. The van der Waals surface area contributed by atoms with Gasteiger partial charge in [-0.1, -0.05) is 18.2 Å². The molecule has 0 unspecified atom stereocenters. The van der Waals surface area contributed by atoms with Crippen molar-refractivity contribution < 1.29 is 0 Å². The molecule has 30 heavy (non-hydrogen) atoms. The Balaban J connectivity index is 1.56. The second-order valence-corrected chi connectivity index (χ2v) is 8.01. The summed E-state index contributed by atoms with van der Waals surface area (Å²) in [5, 5.41) is 5.07. The number of fused-ring (bicyclic) bond motifs is 2. The average molecular weight is 396 g/mol. The maximum atomic E-state index is 12.9. The Morgan fingerprint density at radius 3 is 2.67 bits per heavy atom. The van der Waals surface area contributed by atoms with E-state index in [1.165, 1.54) is 34.3 Å². The Bertz CT molecular complexity index is 1370. The molecular formula is C25H24N4O. The number of para-hydroxylation sites is 1. The lowest BCUT2D eigenvalue weighted by atomic mass is 10.1. The summed E-state index contributed by atoms with van der Waals surface area (Å²) in [4.78, 5) is 17.4. The van der Waals surface area contributed by atoms with Crippen molar-refractivity contribution in [2.24, 2.45) is 5.10 Å². The molecule has 0 N–H and O–H groups in total. The highest BCUT2D eigenvalue weighted by molar-refractivity contribution is 5.82. The Hall–Kier alpha value is -3.47. The SMILES string of the molecule is Cc1cc(/C=N\n2c(C)nc3ccccc3c2=O)c(C)n1-c1ccc2c(c1)CCC2. The molecule has 5 heteroatoms. The second-order valence-electron chi connectivity index (χ2n) is 8.01. The second kappa shape index (κ2) is 7.10. The molecule has 2 heterocycles. The molecule has 0 fully saturated rings. The van der Waals surface area contributed by atoms with Crippen LogP contribution in [0.4, 0.5) is 0 Å². The first-order chi connectivity index (χ1) is 14.5. The first kappa shape index (κ1) is 18.6. The molecule has 0 atom stereocenters. The third-order valence-electron chi connectivity index (χ3n) is 6.04. The normalized spacial score (nSPS) is 13.4. The van der Waals surface area contributed by atoms with E-state index in [1.807, 2.05) is 18.2 Å². The molecule has 0 radical (unpaired) electrons. The highest BCUT2D eigenvalue weighted by atomic mass is 16.1. The molecule has 2 aromatic carbocycles. The lowest BCUT2D eigenvalue weighted by molar-refractivity contribution is 0.770. The number of benzene rings is 2. The highest BCUT2D eigenvalue weighted by Crippen LogP contribution is 2.27. The van der Waals surface area contributed by atoms with Gasteiger partial charge in [-0.05, 0) is 81.5 Å². The molecule has 0 spiro atoms. The smallest absolute Gasteiger partial charge is 0.282 e. The van der Waals surface area contributed by atoms with E-state index < -0.39 is 0 Å². The predicted molar refractivity (Wildman–Crippen MR) is 121 cm³/mol. The standard InChI is InChI=1S/C25H24N4O/c1-16-13-21(17(2)28(16)22-12-11-19-7-6-8-20(19)14-22)15-26-29-18(3)27-24-10-5-4-9-23(24)25(29)30/h4-5,9-15H,6-8H2,1-3H3/b26-15-. The Morgan fingerprint density at radius 2 is 1.80 bits per heavy atom. The fourth-order valence-electron chi connectivity index (χ4n) is 4.50. The van der Waals surface area contributed by atoms with E-state index in [4.69, 9.17) is 0 Å².